The Morgan fingerprint density at radius 2 is 1.59 bits per heavy atom. The molecule has 0 aliphatic carbocycles. The first kappa shape index (κ1) is 21.9. The van der Waals surface area contributed by atoms with E-state index >= 15 is 0 Å². The number of fused-ring (bicyclic) bond motifs is 2. The smallest absolute Gasteiger partial charge is 0.110 e. The van der Waals surface area contributed by atoms with Crippen LogP contribution in [0.25, 0.3) is 0 Å². The van der Waals surface area contributed by atoms with Gasteiger partial charge in [0.05, 0.1) is 6.07 Å². The molecule has 0 amide bonds. The summed E-state index contributed by atoms with van der Waals surface area (Å²) in [5.41, 5.74) is 3.15. The van der Waals surface area contributed by atoms with Gasteiger partial charge in [0.2, 0.25) is 0 Å². The summed E-state index contributed by atoms with van der Waals surface area (Å²) in [5, 5.41) is 10.6. The lowest BCUT2D eigenvalue weighted by Crippen LogP contribution is -2.35. The summed E-state index contributed by atoms with van der Waals surface area (Å²) in [4.78, 5) is 3.86. The summed E-state index contributed by atoms with van der Waals surface area (Å²) in [6.07, 6.45) is 7.09. The van der Waals surface area contributed by atoms with Gasteiger partial charge < -0.3 is 4.90 Å². The Bertz CT molecular complexity index is 776. The number of rotatable bonds is 10. The van der Waals surface area contributed by atoms with Gasteiger partial charge in [-0.15, -0.1) is 11.8 Å². The molecule has 0 spiro atoms. The highest BCUT2D eigenvalue weighted by molar-refractivity contribution is 7.98. The monoisotopic (exact) mass is 406 g/mol. The van der Waals surface area contributed by atoms with Crippen LogP contribution in [0, 0.1) is 11.3 Å². The third kappa shape index (κ3) is 5.05. The van der Waals surface area contributed by atoms with Crippen molar-refractivity contribution in [2.45, 2.75) is 68.4 Å². The summed E-state index contributed by atoms with van der Waals surface area (Å²) >= 11 is 1.87. The molecule has 0 saturated carbocycles. The van der Waals surface area contributed by atoms with E-state index in [4.69, 9.17) is 0 Å². The van der Waals surface area contributed by atoms with Gasteiger partial charge in [0.25, 0.3) is 0 Å². The Labute approximate surface area is 181 Å². The van der Waals surface area contributed by atoms with Crippen LogP contribution in [0.4, 0.5) is 0 Å². The molecule has 0 saturated heterocycles. The van der Waals surface area contributed by atoms with E-state index in [1.165, 1.54) is 53.7 Å². The first-order valence-corrected chi connectivity index (χ1v) is 12.2. The molecule has 0 fully saturated rings. The Hall–Kier alpha value is -1.76. The van der Waals surface area contributed by atoms with E-state index in [9.17, 15) is 5.26 Å². The zero-order chi connectivity index (χ0) is 20.5. The topological polar surface area (TPSA) is 27.0 Å². The molecule has 3 heteroatoms. The summed E-state index contributed by atoms with van der Waals surface area (Å²) in [5.74, 6) is 0.937. The maximum absolute atomic E-state index is 10.6. The molecule has 1 unspecified atom stereocenters. The number of unbranched alkanes of at least 4 members (excludes halogenated alkanes) is 3. The summed E-state index contributed by atoms with van der Waals surface area (Å²) in [6.45, 7) is 7.78. The molecule has 1 heterocycles. The van der Waals surface area contributed by atoms with Crippen LogP contribution in [-0.4, -0.2) is 24.5 Å². The Morgan fingerprint density at radius 1 is 0.897 bits per heavy atom. The van der Waals surface area contributed by atoms with Gasteiger partial charge in [-0.3, -0.25) is 0 Å². The van der Waals surface area contributed by atoms with Gasteiger partial charge >= 0.3 is 0 Å². The van der Waals surface area contributed by atoms with Gasteiger partial charge in [0.1, 0.15) is 5.41 Å². The number of hydrogen-bond acceptors (Lipinski definition) is 3. The number of thioether (sulfide) groups is 1. The second-order valence-corrected chi connectivity index (χ2v) is 9.13. The van der Waals surface area contributed by atoms with Gasteiger partial charge in [-0.2, -0.15) is 5.26 Å². The maximum Gasteiger partial charge on any atom is 0.110 e. The lowest BCUT2D eigenvalue weighted by Gasteiger charge is -2.32. The second kappa shape index (κ2) is 10.9. The summed E-state index contributed by atoms with van der Waals surface area (Å²) in [6, 6.07) is 20.0. The highest BCUT2D eigenvalue weighted by atomic mass is 32.2. The lowest BCUT2D eigenvalue weighted by molar-refractivity contribution is 0.249. The third-order valence-corrected chi connectivity index (χ3v) is 7.23. The molecular formula is C26H34N2S. The first-order chi connectivity index (χ1) is 14.2. The highest BCUT2D eigenvalue weighted by Crippen LogP contribution is 2.46. The second-order valence-electron chi connectivity index (χ2n) is 8.11. The van der Waals surface area contributed by atoms with Gasteiger partial charge in [-0.05, 0) is 55.1 Å². The molecule has 0 aromatic heterocycles. The molecule has 1 aliphatic heterocycles. The fraction of sp³-hybridized carbons (Fsp3) is 0.500. The number of nitrogens with zero attached hydrogens (tertiary/aromatic N) is 2. The van der Waals surface area contributed by atoms with E-state index in [-0.39, 0.29) is 0 Å². The molecule has 2 aromatic rings. The van der Waals surface area contributed by atoms with Crippen LogP contribution in [0.2, 0.25) is 0 Å². The molecular weight excluding hydrogens is 372 g/mol. The van der Waals surface area contributed by atoms with E-state index in [0.717, 1.165) is 31.8 Å². The van der Waals surface area contributed by atoms with Gasteiger partial charge in [0, 0.05) is 17.2 Å². The first-order valence-electron chi connectivity index (χ1n) is 11.2. The number of nitriles is 1. The van der Waals surface area contributed by atoms with E-state index in [2.05, 4.69) is 73.3 Å². The quantitative estimate of drug-likeness (QED) is 0.407. The van der Waals surface area contributed by atoms with Crippen LogP contribution >= 0.6 is 11.8 Å². The minimum atomic E-state index is -0.564. The van der Waals surface area contributed by atoms with E-state index in [1.807, 2.05) is 11.8 Å². The molecule has 0 radical (unpaired) electrons. The predicted molar refractivity (Wildman–Crippen MR) is 124 cm³/mol. The molecule has 1 aliphatic rings. The van der Waals surface area contributed by atoms with Gasteiger partial charge in [-0.1, -0.05) is 75.6 Å². The van der Waals surface area contributed by atoms with Crippen molar-refractivity contribution >= 4 is 11.8 Å². The lowest BCUT2D eigenvalue weighted by atomic mass is 9.71. The average molecular weight is 407 g/mol. The van der Waals surface area contributed by atoms with Crippen molar-refractivity contribution in [1.82, 2.24) is 4.90 Å². The third-order valence-electron chi connectivity index (χ3n) is 6.11. The van der Waals surface area contributed by atoms with Gasteiger partial charge in [-0.25, -0.2) is 0 Å². The van der Waals surface area contributed by atoms with Crippen LogP contribution in [0.5, 0.6) is 0 Å². The van der Waals surface area contributed by atoms with Crippen molar-refractivity contribution in [2.75, 3.05) is 19.6 Å². The SMILES string of the molecule is CCCCCN(CCCC)CCC1(C#N)c2ccccc2CSc2ccccc21. The fourth-order valence-corrected chi connectivity index (χ4v) is 5.52. The van der Waals surface area contributed by atoms with Crippen molar-refractivity contribution in [3.8, 4) is 6.07 Å². The highest BCUT2D eigenvalue weighted by Gasteiger charge is 2.39. The minimum absolute atomic E-state index is 0.564. The molecule has 1 atom stereocenters. The molecule has 2 aromatic carbocycles. The van der Waals surface area contributed by atoms with Crippen molar-refractivity contribution in [1.29, 1.82) is 5.26 Å². The van der Waals surface area contributed by atoms with Crippen LogP contribution in [-0.2, 0) is 11.2 Å². The average Bonchev–Trinajstić information content (AvgIpc) is 2.91. The van der Waals surface area contributed by atoms with Crippen LogP contribution in [0.1, 0.15) is 69.1 Å². The Morgan fingerprint density at radius 3 is 2.34 bits per heavy atom. The zero-order valence-corrected chi connectivity index (χ0v) is 18.8. The zero-order valence-electron chi connectivity index (χ0n) is 18.0. The molecule has 0 bridgehead atoms. The Balaban J connectivity index is 1.93. The standard InChI is InChI=1S/C26H34N2S/c1-3-5-11-18-28(17-6-4-2)19-16-26(21-27)23-13-8-7-12-22(23)20-29-25-15-10-9-14-24(25)26/h7-10,12-15H,3-6,11,16-20H2,1-2H3. The fourth-order valence-electron chi connectivity index (χ4n) is 4.38. The van der Waals surface area contributed by atoms with E-state index in [1.54, 1.807) is 0 Å². The Kier molecular flexibility index (Phi) is 8.21. The van der Waals surface area contributed by atoms with E-state index < -0.39 is 5.41 Å². The molecule has 154 valence electrons. The van der Waals surface area contributed by atoms with Crippen molar-refractivity contribution in [3.63, 3.8) is 0 Å². The maximum atomic E-state index is 10.6. The van der Waals surface area contributed by atoms with Crippen molar-refractivity contribution in [3.05, 3.63) is 65.2 Å². The summed E-state index contributed by atoms with van der Waals surface area (Å²) < 4.78 is 0. The largest absolute Gasteiger partial charge is 0.303 e. The van der Waals surface area contributed by atoms with Crippen molar-refractivity contribution in [2.24, 2.45) is 0 Å². The molecule has 3 rings (SSSR count). The molecule has 2 nitrogen and oxygen atoms in total. The van der Waals surface area contributed by atoms with Crippen LogP contribution in [0.3, 0.4) is 0 Å². The molecule has 0 N–H and O–H groups in total. The summed E-state index contributed by atoms with van der Waals surface area (Å²) in [7, 11) is 0. The number of benzene rings is 2. The van der Waals surface area contributed by atoms with E-state index in [0.29, 0.717) is 0 Å². The van der Waals surface area contributed by atoms with Crippen LogP contribution in [0.15, 0.2) is 53.4 Å². The van der Waals surface area contributed by atoms with Crippen molar-refractivity contribution < 1.29 is 0 Å². The van der Waals surface area contributed by atoms with Gasteiger partial charge in [0.15, 0.2) is 0 Å². The number of hydrogen-bond donors (Lipinski definition) is 0. The van der Waals surface area contributed by atoms with Crippen LogP contribution < -0.4 is 0 Å². The minimum Gasteiger partial charge on any atom is -0.303 e. The normalized spacial score (nSPS) is 18.0. The molecule has 29 heavy (non-hydrogen) atoms. The predicted octanol–water partition coefficient (Wildman–Crippen LogP) is 6.78.